The molecule has 2 heterocycles. The fraction of sp³-hybridized carbons (Fsp3) is 0.267. The number of hydrogen-bond acceptors (Lipinski definition) is 8. The van der Waals surface area contributed by atoms with Gasteiger partial charge in [0.25, 0.3) is 0 Å². The monoisotopic (exact) mass is 528 g/mol. The van der Waals surface area contributed by atoms with Gasteiger partial charge in [-0.1, -0.05) is 48.5 Å². The van der Waals surface area contributed by atoms with Crippen LogP contribution in [0.15, 0.2) is 72.8 Å². The maximum absolute atomic E-state index is 14.2. The standard InChI is InChI=1S/C30H28N2O7/c1-17(33)18-9-8-12-20(15-18)32-27(34)24-25(28(32)35)30(29(36)39-4,19-10-6-5-7-11-19)31-26(24)22-14-13-21(37-2)16-23(22)38-3/h5-16,24-26,31H,1-4H3/t24-,25-,26-,30-/m1/s1. The molecular formula is C30H28N2O7. The van der Waals surface area contributed by atoms with Gasteiger partial charge in [0.05, 0.1) is 38.9 Å². The number of ether oxygens (including phenoxy) is 3. The summed E-state index contributed by atoms with van der Waals surface area (Å²) in [7, 11) is 4.28. The number of benzene rings is 3. The third-order valence-corrected chi connectivity index (χ3v) is 7.58. The van der Waals surface area contributed by atoms with Crippen LogP contribution in [0.3, 0.4) is 0 Å². The molecule has 200 valence electrons. The summed E-state index contributed by atoms with van der Waals surface area (Å²) in [5.74, 6) is -3.12. The Bertz CT molecular complexity index is 1470. The summed E-state index contributed by atoms with van der Waals surface area (Å²) < 4.78 is 16.3. The number of methoxy groups -OCH3 is 3. The van der Waals surface area contributed by atoms with Crippen molar-refractivity contribution in [2.75, 3.05) is 26.2 Å². The van der Waals surface area contributed by atoms with E-state index >= 15 is 0 Å². The van der Waals surface area contributed by atoms with E-state index in [9.17, 15) is 19.2 Å². The lowest BCUT2D eigenvalue weighted by molar-refractivity contribution is -0.152. The number of esters is 1. The summed E-state index contributed by atoms with van der Waals surface area (Å²) in [6, 6.07) is 19.5. The summed E-state index contributed by atoms with van der Waals surface area (Å²) in [6.07, 6.45) is 0. The Morgan fingerprint density at radius 3 is 2.26 bits per heavy atom. The maximum Gasteiger partial charge on any atom is 0.331 e. The Morgan fingerprint density at radius 2 is 1.62 bits per heavy atom. The Kier molecular flexibility index (Phi) is 6.69. The number of ketones is 1. The summed E-state index contributed by atoms with van der Waals surface area (Å²) >= 11 is 0. The molecule has 3 aromatic carbocycles. The van der Waals surface area contributed by atoms with Crippen LogP contribution in [0.4, 0.5) is 5.69 Å². The molecule has 0 aromatic heterocycles. The lowest BCUT2D eigenvalue weighted by atomic mass is 9.75. The van der Waals surface area contributed by atoms with Crippen molar-refractivity contribution in [3.63, 3.8) is 0 Å². The third kappa shape index (κ3) is 3.97. The molecule has 2 saturated heterocycles. The largest absolute Gasteiger partial charge is 0.497 e. The number of anilines is 1. The highest BCUT2D eigenvalue weighted by Gasteiger charge is 2.70. The number of amides is 2. The van der Waals surface area contributed by atoms with Crippen LogP contribution in [0.1, 0.15) is 34.5 Å². The van der Waals surface area contributed by atoms with Crippen LogP contribution in [0.25, 0.3) is 0 Å². The average Bonchev–Trinajstić information content (AvgIpc) is 3.46. The molecule has 0 aliphatic carbocycles. The number of carbonyl (C=O) groups is 4. The molecule has 3 aromatic rings. The van der Waals surface area contributed by atoms with Crippen molar-refractivity contribution in [3.05, 3.63) is 89.5 Å². The zero-order valence-electron chi connectivity index (χ0n) is 22.0. The Hall–Kier alpha value is -4.50. The van der Waals surface area contributed by atoms with Crippen LogP contribution in [0.5, 0.6) is 11.5 Å². The van der Waals surface area contributed by atoms with Crippen molar-refractivity contribution in [1.82, 2.24) is 5.32 Å². The van der Waals surface area contributed by atoms with Crippen molar-refractivity contribution in [2.24, 2.45) is 11.8 Å². The minimum atomic E-state index is -1.67. The highest BCUT2D eigenvalue weighted by atomic mass is 16.5. The molecule has 39 heavy (non-hydrogen) atoms. The predicted molar refractivity (Wildman–Crippen MR) is 141 cm³/mol. The second-order valence-corrected chi connectivity index (χ2v) is 9.52. The lowest BCUT2D eigenvalue weighted by Crippen LogP contribution is -2.53. The highest BCUT2D eigenvalue weighted by Crippen LogP contribution is 2.55. The number of fused-ring (bicyclic) bond motifs is 1. The molecule has 2 aliphatic heterocycles. The first-order chi connectivity index (χ1) is 18.8. The van der Waals surface area contributed by atoms with E-state index in [1.54, 1.807) is 66.7 Å². The van der Waals surface area contributed by atoms with E-state index in [2.05, 4.69) is 5.32 Å². The molecule has 9 nitrogen and oxygen atoms in total. The van der Waals surface area contributed by atoms with Gasteiger partial charge in [0.1, 0.15) is 11.5 Å². The molecule has 0 radical (unpaired) electrons. The number of nitrogens with zero attached hydrogens (tertiary/aromatic N) is 1. The Balaban J connectivity index is 1.74. The summed E-state index contributed by atoms with van der Waals surface area (Å²) in [6.45, 7) is 1.41. The molecule has 9 heteroatoms. The van der Waals surface area contributed by atoms with Crippen LogP contribution < -0.4 is 19.7 Å². The van der Waals surface area contributed by atoms with Crippen LogP contribution in [0.2, 0.25) is 0 Å². The average molecular weight is 529 g/mol. The smallest absolute Gasteiger partial charge is 0.331 e. The second-order valence-electron chi connectivity index (χ2n) is 9.52. The van der Waals surface area contributed by atoms with Gasteiger partial charge in [0.15, 0.2) is 11.3 Å². The molecule has 2 fully saturated rings. The molecule has 0 saturated carbocycles. The minimum absolute atomic E-state index is 0.202. The molecule has 1 N–H and O–H groups in total. The maximum atomic E-state index is 14.2. The molecule has 2 amide bonds. The van der Waals surface area contributed by atoms with Gasteiger partial charge in [0.2, 0.25) is 11.8 Å². The summed E-state index contributed by atoms with van der Waals surface area (Å²) in [5, 5.41) is 3.35. The number of Topliss-reactive ketones (excluding diaryl/α,β-unsaturated/α-hetero) is 1. The van der Waals surface area contributed by atoms with Crippen molar-refractivity contribution in [3.8, 4) is 11.5 Å². The van der Waals surface area contributed by atoms with Crippen LogP contribution in [0, 0.1) is 11.8 Å². The van der Waals surface area contributed by atoms with Gasteiger partial charge in [-0.2, -0.15) is 0 Å². The molecule has 5 rings (SSSR count). The van der Waals surface area contributed by atoms with Gasteiger partial charge in [-0.25, -0.2) is 9.69 Å². The Morgan fingerprint density at radius 1 is 0.872 bits per heavy atom. The van der Waals surface area contributed by atoms with Gasteiger partial charge in [-0.05, 0) is 30.7 Å². The van der Waals surface area contributed by atoms with Crippen LogP contribution in [-0.4, -0.2) is 44.9 Å². The van der Waals surface area contributed by atoms with Crippen molar-refractivity contribution < 1.29 is 33.4 Å². The molecule has 4 atom stereocenters. The van der Waals surface area contributed by atoms with E-state index in [0.717, 1.165) is 4.90 Å². The summed E-state index contributed by atoms with van der Waals surface area (Å²) in [4.78, 5) is 55.2. The minimum Gasteiger partial charge on any atom is -0.497 e. The van der Waals surface area contributed by atoms with E-state index in [1.165, 1.54) is 34.3 Å². The zero-order valence-corrected chi connectivity index (χ0v) is 22.0. The van der Waals surface area contributed by atoms with E-state index in [4.69, 9.17) is 14.2 Å². The first-order valence-corrected chi connectivity index (χ1v) is 12.4. The van der Waals surface area contributed by atoms with Gasteiger partial charge < -0.3 is 14.2 Å². The quantitative estimate of drug-likeness (QED) is 0.282. The van der Waals surface area contributed by atoms with E-state index in [0.29, 0.717) is 28.2 Å². The second kappa shape index (κ2) is 9.99. The number of hydrogen-bond donors (Lipinski definition) is 1. The van der Waals surface area contributed by atoms with Crippen molar-refractivity contribution in [1.29, 1.82) is 0 Å². The lowest BCUT2D eigenvalue weighted by Gasteiger charge is -2.33. The van der Waals surface area contributed by atoms with Crippen LogP contribution in [-0.2, 0) is 24.7 Å². The van der Waals surface area contributed by atoms with Crippen LogP contribution >= 0.6 is 0 Å². The number of carbonyl (C=O) groups excluding carboxylic acids is 4. The van der Waals surface area contributed by atoms with E-state index in [-0.39, 0.29) is 11.5 Å². The fourth-order valence-corrected chi connectivity index (χ4v) is 5.80. The SMILES string of the molecule is COC(=O)[C@]1(c2ccccc2)N[C@H](c2ccc(OC)cc2OC)[C@@H]2C(=O)N(c3cccc(C(C)=O)c3)C(=O)[C@@H]21. The third-order valence-electron chi connectivity index (χ3n) is 7.58. The molecule has 2 aliphatic rings. The van der Waals surface area contributed by atoms with Crippen molar-refractivity contribution in [2.45, 2.75) is 18.5 Å². The molecule has 0 spiro atoms. The van der Waals surface area contributed by atoms with Gasteiger partial charge in [-0.15, -0.1) is 0 Å². The normalized spacial score (nSPS) is 23.9. The van der Waals surface area contributed by atoms with Gasteiger partial charge >= 0.3 is 5.97 Å². The molecular weight excluding hydrogens is 500 g/mol. The number of nitrogens with one attached hydrogen (secondary N) is 1. The molecule has 0 bridgehead atoms. The van der Waals surface area contributed by atoms with Gasteiger partial charge in [-0.3, -0.25) is 19.7 Å². The predicted octanol–water partition coefficient (Wildman–Crippen LogP) is 3.43. The van der Waals surface area contributed by atoms with Crippen molar-refractivity contribution >= 4 is 29.3 Å². The van der Waals surface area contributed by atoms with E-state index < -0.39 is 41.2 Å². The fourth-order valence-electron chi connectivity index (χ4n) is 5.80. The first-order valence-electron chi connectivity index (χ1n) is 12.4. The van der Waals surface area contributed by atoms with Gasteiger partial charge in [0, 0.05) is 23.2 Å². The highest BCUT2D eigenvalue weighted by molar-refractivity contribution is 6.24. The zero-order chi connectivity index (χ0) is 27.9. The summed E-state index contributed by atoms with van der Waals surface area (Å²) in [5.41, 5.74) is 0.0202. The Labute approximate surface area is 225 Å². The van der Waals surface area contributed by atoms with E-state index in [1.807, 2.05) is 0 Å². The number of rotatable bonds is 7. The first kappa shape index (κ1) is 26.1. The topological polar surface area (TPSA) is 111 Å². The number of imide groups is 1. The molecule has 0 unspecified atom stereocenters.